The summed E-state index contributed by atoms with van der Waals surface area (Å²) in [7, 11) is 0. The minimum absolute atomic E-state index is 0.0599. The number of nitrogens with one attached hydrogen (secondary N) is 2. The first-order valence-electron chi connectivity index (χ1n) is 12.2. The van der Waals surface area contributed by atoms with Crippen LogP contribution in [0, 0.1) is 13.8 Å². The predicted molar refractivity (Wildman–Crippen MR) is 141 cm³/mol. The van der Waals surface area contributed by atoms with Gasteiger partial charge in [0.1, 0.15) is 11.4 Å². The van der Waals surface area contributed by atoms with Gasteiger partial charge in [0.05, 0.1) is 18.0 Å². The average Bonchev–Trinajstić information content (AvgIpc) is 2.71. The van der Waals surface area contributed by atoms with Crippen LogP contribution in [0.15, 0.2) is 42.5 Å². The van der Waals surface area contributed by atoms with E-state index in [4.69, 9.17) is 4.74 Å². The molecule has 0 aromatic heterocycles. The first kappa shape index (κ1) is 29.5. The Morgan fingerprint density at radius 1 is 1.00 bits per heavy atom. The van der Waals surface area contributed by atoms with E-state index >= 15 is 0 Å². The number of carbonyl (C=O) groups excluding carboxylic acids is 2. The Hall–Kier alpha value is -3.75. The van der Waals surface area contributed by atoms with Crippen LogP contribution in [0.3, 0.4) is 0 Å². The molecule has 0 saturated carbocycles. The van der Waals surface area contributed by atoms with Crippen molar-refractivity contribution < 1.29 is 29.3 Å². The van der Waals surface area contributed by atoms with Crippen LogP contribution in [0.25, 0.3) is 0 Å². The van der Waals surface area contributed by atoms with Gasteiger partial charge in [-0.05, 0) is 82.9 Å². The summed E-state index contributed by atoms with van der Waals surface area (Å²) in [6.45, 7) is 12.6. The lowest BCUT2D eigenvalue weighted by Gasteiger charge is -2.33. The molecule has 37 heavy (non-hydrogen) atoms. The molecule has 0 radical (unpaired) electrons. The number of hydrogen-bond donors (Lipinski definition) is 4. The van der Waals surface area contributed by atoms with Crippen molar-refractivity contribution in [3.8, 4) is 5.75 Å². The van der Waals surface area contributed by atoms with Crippen LogP contribution in [0.1, 0.15) is 69.3 Å². The summed E-state index contributed by atoms with van der Waals surface area (Å²) in [6.07, 6.45) is -1.87. The van der Waals surface area contributed by atoms with Gasteiger partial charge in [0, 0.05) is 13.1 Å². The Morgan fingerprint density at radius 2 is 1.57 bits per heavy atom. The Balaban J connectivity index is 2.21. The molecule has 0 bridgehead atoms. The van der Waals surface area contributed by atoms with Crippen LogP contribution in [0.5, 0.6) is 5.75 Å². The number of carboxylic acid groups (broad SMARTS) is 1. The van der Waals surface area contributed by atoms with Gasteiger partial charge in [-0.15, -0.1) is 0 Å². The first-order chi connectivity index (χ1) is 17.1. The van der Waals surface area contributed by atoms with E-state index in [-0.39, 0.29) is 31.2 Å². The molecule has 0 saturated heterocycles. The molecule has 0 aliphatic heterocycles. The highest BCUT2D eigenvalue weighted by Gasteiger charge is 2.30. The summed E-state index contributed by atoms with van der Waals surface area (Å²) in [4.78, 5) is 38.9. The lowest BCUT2D eigenvalue weighted by molar-refractivity contribution is -0.123. The fraction of sp³-hybridized carbons (Fsp3) is 0.464. The maximum atomic E-state index is 13.2. The number of ether oxygens (including phenoxy) is 1. The summed E-state index contributed by atoms with van der Waals surface area (Å²) in [5.74, 6) is -0.282. The SMILES string of the molecule is Cc1cc(O)cc(C)c1C(CC(=O)NC(C)(C)CN(Cc1ccccc1)C(=O)O)NC(=O)OC(C)(C)C. The summed E-state index contributed by atoms with van der Waals surface area (Å²) in [5.41, 5.74) is 1.35. The molecule has 1 unspecified atom stereocenters. The Labute approximate surface area is 218 Å². The van der Waals surface area contributed by atoms with Crippen molar-refractivity contribution in [3.05, 3.63) is 64.7 Å². The van der Waals surface area contributed by atoms with E-state index in [1.165, 1.54) is 4.90 Å². The molecule has 0 spiro atoms. The largest absolute Gasteiger partial charge is 0.508 e. The first-order valence-corrected chi connectivity index (χ1v) is 12.2. The van der Waals surface area contributed by atoms with Crippen molar-refractivity contribution in [2.75, 3.05) is 6.54 Å². The second-order valence-corrected chi connectivity index (χ2v) is 11.0. The summed E-state index contributed by atoms with van der Waals surface area (Å²) in [5, 5.41) is 25.4. The maximum absolute atomic E-state index is 13.2. The maximum Gasteiger partial charge on any atom is 0.408 e. The van der Waals surface area contributed by atoms with Crippen LogP contribution >= 0.6 is 0 Å². The minimum Gasteiger partial charge on any atom is -0.508 e. The number of aryl methyl sites for hydroxylation is 2. The van der Waals surface area contributed by atoms with Gasteiger partial charge in [0.15, 0.2) is 0 Å². The third-order valence-corrected chi connectivity index (χ3v) is 5.56. The second kappa shape index (κ2) is 12.0. The minimum atomic E-state index is -1.09. The van der Waals surface area contributed by atoms with Crippen LogP contribution in [-0.2, 0) is 16.1 Å². The van der Waals surface area contributed by atoms with Crippen molar-refractivity contribution >= 4 is 18.1 Å². The highest BCUT2D eigenvalue weighted by atomic mass is 16.6. The number of phenols is 1. The lowest BCUT2D eigenvalue weighted by atomic mass is 9.93. The number of aromatic hydroxyl groups is 1. The molecule has 0 aliphatic rings. The smallest absolute Gasteiger partial charge is 0.408 e. The van der Waals surface area contributed by atoms with Gasteiger partial charge >= 0.3 is 12.2 Å². The van der Waals surface area contributed by atoms with E-state index in [1.807, 2.05) is 30.3 Å². The molecule has 2 aromatic carbocycles. The highest BCUT2D eigenvalue weighted by molar-refractivity contribution is 5.79. The van der Waals surface area contributed by atoms with E-state index < -0.39 is 29.4 Å². The summed E-state index contributed by atoms with van der Waals surface area (Å²) < 4.78 is 5.41. The molecule has 9 nitrogen and oxygen atoms in total. The van der Waals surface area contributed by atoms with E-state index in [2.05, 4.69) is 10.6 Å². The number of carbonyl (C=O) groups is 3. The summed E-state index contributed by atoms with van der Waals surface area (Å²) >= 11 is 0. The van der Waals surface area contributed by atoms with E-state index in [0.717, 1.165) is 5.56 Å². The molecular formula is C28H39N3O6. The highest BCUT2D eigenvalue weighted by Crippen LogP contribution is 2.29. The van der Waals surface area contributed by atoms with Crippen molar-refractivity contribution in [3.63, 3.8) is 0 Å². The number of hydrogen-bond acceptors (Lipinski definition) is 5. The molecular weight excluding hydrogens is 474 g/mol. The number of nitrogens with zero attached hydrogens (tertiary/aromatic N) is 1. The molecule has 1 atom stereocenters. The topological polar surface area (TPSA) is 128 Å². The molecule has 2 rings (SSSR count). The van der Waals surface area contributed by atoms with Crippen LogP contribution in [-0.4, -0.2) is 50.9 Å². The number of alkyl carbamates (subject to hydrolysis) is 1. The molecule has 3 amide bonds. The molecule has 9 heteroatoms. The summed E-state index contributed by atoms with van der Waals surface area (Å²) in [6, 6.07) is 11.6. The zero-order valence-electron chi connectivity index (χ0n) is 22.7. The van der Waals surface area contributed by atoms with E-state index in [1.54, 1.807) is 60.6 Å². The molecule has 0 aliphatic carbocycles. The molecule has 4 N–H and O–H groups in total. The third-order valence-electron chi connectivity index (χ3n) is 5.56. The van der Waals surface area contributed by atoms with Crippen molar-refractivity contribution in [1.29, 1.82) is 0 Å². The molecule has 202 valence electrons. The Morgan fingerprint density at radius 3 is 2.08 bits per heavy atom. The predicted octanol–water partition coefficient (Wildman–Crippen LogP) is 5.04. The number of amides is 3. The number of benzene rings is 2. The van der Waals surface area contributed by atoms with Crippen LogP contribution in [0.2, 0.25) is 0 Å². The van der Waals surface area contributed by atoms with Gasteiger partial charge in [-0.2, -0.15) is 0 Å². The third kappa shape index (κ3) is 9.67. The second-order valence-electron chi connectivity index (χ2n) is 11.0. The molecule has 0 heterocycles. The van der Waals surface area contributed by atoms with Gasteiger partial charge in [-0.1, -0.05) is 30.3 Å². The van der Waals surface area contributed by atoms with Gasteiger partial charge in [-0.25, -0.2) is 9.59 Å². The van der Waals surface area contributed by atoms with Gasteiger partial charge in [0.25, 0.3) is 0 Å². The number of rotatable bonds is 9. The fourth-order valence-electron chi connectivity index (χ4n) is 4.30. The van der Waals surface area contributed by atoms with Crippen molar-refractivity contribution in [1.82, 2.24) is 15.5 Å². The lowest BCUT2D eigenvalue weighted by Crippen LogP contribution is -2.53. The standard InChI is InChI=1S/C28H39N3O6/c1-18-13-21(32)14-19(2)24(18)22(29-25(34)37-27(3,4)5)15-23(33)30-28(6,7)17-31(26(35)36)16-20-11-9-8-10-12-20/h8-14,22,32H,15-17H2,1-7H3,(H,29,34)(H,30,33)(H,35,36). The van der Waals surface area contributed by atoms with E-state index in [0.29, 0.717) is 16.7 Å². The number of phenolic OH excluding ortho intramolecular Hbond substituents is 1. The molecule has 0 fully saturated rings. The monoisotopic (exact) mass is 513 g/mol. The van der Waals surface area contributed by atoms with Crippen molar-refractivity contribution in [2.45, 2.75) is 78.6 Å². The fourth-order valence-corrected chi connectivity index (χ4v) is 4.30. The van der Waals surface area contributed by atoms with Gasteiger partial charge in [-0.3, -0.25) is 4.79 Å². The molecule has 2 aromatic rings. The van der Waals surface area contributed by atoms with Crippen molar-refractivity contribution in [2.24, 2.45) is 0 Å². The quantitative estimate of drug-likeness (QED) is 0.372. The zero-order chi connectivity index (χ0) is 28.0. The van der Waals surface area contributed by atoms with E-state index in [9.17, 15) is 24.6 Å². The van der Waals surface area contributed by atoms with Crippen LogP contribution < -0.4 is 10.6 Å². The average molecular weight is 514 g/mol. The zero-order valence-corrected chi connectivity index (χ0v) is 22.7. The Kier molecular flexibility index (Phi) is 9.55. The normalized spacial score (nSPS) is 12.4. The van der Waals surface area contributed by atoms with Gasteiger partial charge < -0.3 is 30.5 Å². The van der Waals surface area contributed by atoms with Gasteiger partial charge in [0.2, 0.25) is 5.91 Å². The van der Waals surface area contributed by atoms with Crippen LogP contribution in [0.4, 0.5) is 9.59 Å². The Bertz CT molecular complexity index is 1090.